The minimum absolute atomic E-state index is 0.166. The Morgan fingerprint density at radius 1 is 1.23 bits per heavy atom. The lowest BCUT2D eigenvalue weighted by Gasteiger charge is -2.23. The van der Waals surface area contributed by atoms with Crippen LogP contribution in [0.4, 0.5) is 5.69 Å². The van der Waals surface area contributed by atoms with Gasteiger partial charge in [0, 0.05) is 0 Å². The van der Waals surface area contributed by atoms with Crippen LogP contribution in [0.15, 0.2) is 24.3 Å². The molecule has 1 aromatic carbocycles. The first-order valence-electron chi connectivity index (χ1n) is 9.00. The van der Waals surface area contributed by atoms with Crippen molar-refractivity contribution in [3.05, 3.63) is 24.3 Å². The number of ether oxygens (including phenoxy) is 1. The van der Waals surface area contributed by atoms with Crippen molar-refractivity contribution in [1.82, 2.24) is 5.32 Å². The van der Waals surface area contributed by atoms with Crippen molar-refractivity contribution in [2.24, 2.45) is 0 Å². The van der Waals surface area contributed by atoms with Crippen molar-refractivity contribution in [3.8, 4) is 11.8 Å². The molecule has 0 bridgehead atoms. The Kier molecular flexibility index (Phi) is 6.98. The fourth-order valence-corrected chi connectivity index (χ4v) is 3.26. The second-order valence-electron chi connectivity index (χ2n) is 6.65. The maximum atomic E-state index is 12.3. The first-order valence-corrected chi connectivity index (χ1v) is 9.00. The van der Waals surface area contributed by atoms with Crippen LogP contribution in [0.3, 0.4) is 0 Å². The van der Waals surface area contributed by atoms with Crippen LogP contribution in [0, 0.1) is 11.3 Å². The van der Waals surface area contributed by atoms with E-state index in [1.807, 2.05) is 19.1 Å². The number of hydrogen-bond acceptors (Lipinski definition) is 4. The molecule has 7 nitrogen and oxygen atoms in total. The summed E-state index contributed by atoms with van der Waals surface area (Å²) in [5.74, 6) is 0.222. The standard InChI is InChI=1S/C19H26N4O3/c1-3-23(13-18(25)22-19(14-20)10-6-7-11-19)12-17(24)21-15-8-4-5-9-16(15)26-2/h4-5,8-9H,3,6-7,10-13H2,1-2H3,(H,21,24)(H,22,25)/p+1. The molecule has 140 valence electrons. The van der Waals surface area contributed by atoms with Crippen molar-refractivity contribution >= 4 is 17.5 Å². The number of hydrogen-bond donors (Lipinski definition) is 3. The molecule has 1 fully saturated rings. The van der Waals surface area contributed by atoms with Crippen molar-refractivity contribution in [3.63, 3.8) is 0 Å². The van der Waals surface area contributed by atoms with E-state index in [1.54, 1.807) is 19.2 Å². The highest BCUT2D eigenvalue weighted by Gasteiger charge is 2.36. The Labute approximate surface area is 154 Å². The maximum Gasteiger partial charge on any atom is 0.279 e. The SMILES string of the molecule is CC[NH+](CC(=O)Nc1ccccc1OC)CC(=O)NC1(C#N)CCCC1. The highest BCUT2D eigenvalue weighted by Crippen LogP contribution is 2.28. The lowest BCUT2D eigenvalue weighted by Crippen LogP contribution is -3.14. The summed E-state index contributed by atoms with van der Waals surface area (Å²) >= 11 is 0. The minimum Gasteiger partial charge on any atom is -0.495 e. The number of nitriles is 1. The van der Waals surface area contributed by atoms with E-state index in [1.165, 1.54) is 0 Å². The number of likely N-dealkylation sites (N-methyl/N-ethyl adjacent to an activating group) is 1. The summed E-state index contributed by atoms with van der Waals surface area (Å²) < 4.78 is 5.22. The molecule has 2 amide bonds. The number of benzene rings is 1. The van der Waals surface area contributed by atoms with Crippen LogP contribution in [0.5, 0.6) is 5.75 Å². The summed E-state index contributed by atoms with van der Waals surface area (Å²) in [7, 11) is 1.55. The topological polar surface area (TPSA) is 95.7 Å². The van der Waals surface area contributed by atoms with Crippen molar-refractivity contribution in [2.45, 2.75) is 38.1 Å². The number of nitrogens with one attached hydrogen (secondary N) is 3. The fourth-order valence-electron chi connectivity index (χ4n) is 3.26. The molecule has 0 spiro atoms. The van der Waals surface area contributed by atoms with E-state index in [-0.39, 0.29) is 24.9 Å². The summed E-state index contributed by atoms with van der Waals surface area (Å²) in [6.45, 7) is 2.89. The van der Waals surface area contributed by atoms with E-state index < -0.39 is 5.54 Å². The van der Waals surface area contributed by atoms with Gasteiger partial charge in [0.1, 0.15) is 11.3 Å². The lowest BCUT2D eigenvalue weighted by atomic mass is 10.00. The molecule has 2 rings (SSSR count). The molecule has 3 N–H and O–H groups in total. The number of quaternary nitrogens is 1. The predicted octanol–water partition coefficient (Wildman–Crippen LogP) is 0.491. The second kappa shape index (κ2) is 9.20. The van der Waals surface area contributed by atoms with E-state index in [4.69, 9.17) is 4.74 Å². The monoisotopic (exact) mass is 359 g/mol. The lowest BCUT2D eigenvalue weighted by molar-refractivity contribution is -0.881. The zero-order valence-electron chi connectivity index (χ0n) is 15.4. The van der Waals surface area contributed by atoms with Gasteiger partial charge in [0.2, 0.25) is 0 Å². The van der Waals surface area contributed by atoms with E-state index >= 15 is 0 Å². The summed E-state index contributed by atoms with van der Waals surface area (Å²) in [5, 5.41) is 15.1. The third kappa shape index (κ3) is 5.20. The summed E-state index contributed by atoms with van der Waals surface area (Å²) in [4.78, 5) is 25.5. The van der Waals surface area contributed by atoms with Gasteiger partial charge in [0.25, 0.3) is 11.8 Å². The fraction of sp³-hybridized carbons (Fsp3) is 0.526. The Bertz CT molecular complexity index is 678. The number of carbonyl (C=O) groups is 2. The summed E-state index contributed by atoms with van der Waals surface area (Å²) in [5.41, 5.74) is -0.121. The molecule has 0 heterocycles. The smallest absolute Gasteiger partial charge is 0.279 e. The van der Waals surface area contributed by atoms with Gasteiger partial charge in [-0.15, -0.1) is 0 Å². The van der Waals surface area contributed by atoms with Gasteiger partial charge >= 0.3 is 0 Å². The largest absolute Gasteiger partial charge is 0.495 e. The quantitative estimate of drug-likeness (QED) is 0.629. The molecular weight excluding hydrogens is 332 g/mol. The van der Waals surface area contributed by atoms with Gasteiger partial charge in [-0.05, 0) is 44.7 Å². The maximum absolute atomic E-state index is 12.3. The number of para-hydroxylation sites is 2. The minimum atomic E-state index is -0.727. The molecule has 1 atom stereocenters. The van der Waals surface area contributed by atoms with Crippen molar-refractivity contribution < 1.29 is 19.2 Å². The van der Waals surface area contributed by atoms with Gasteiger partial charge in [-0.25, -0.2) is 0 Å². The molecular formula is C19H27N4O3+. The van der Waals surface area contributed by atoms with Gasteiger partial charge in [-0.3, -0.25) is 9.59 Å². The van der Waals surface area contributed by atoms with Gasteiger partial charge in [-0.2, -0.15) is 5.26 Å². The molecule has 0 radical (unpaired) electrons. The van der Waals surface area contributed by atoms with Crippen LogP contribution in [-0.2, 0) is 9.59 Å². The zero-order valence-corrected chi connectivity index (χ0v) is 15.4. The van der Waals surface area contributed by atoms with E-state index in [2.05, 4.69) is 16.7 Å². The number of carbonyl (C=O) groups excluding carboxylic acids is 2. The molecule has 0 aliphatic heterocycles. The Morgan fingerprint density at radius 2 is 1.88 bits per heavy atom. The van der Waals surface area contributed by atoms with Gasteiger partial charge in [0.15, 0.2) is 13.1 Å². The zero-order chi connectivity index (χ0) is 19.0. The number of anilines is 1. The highest BCUT2D eigenvalue weighted by atomic mass is 16.5. The van der Waals surface area contributed by atoms with Crippen LogP contribution in [0.25, 0.3) is 0 Å². The average molecular weight is 359 g/mol. The van der Waals surface area contributed by atoms with Gasteiger partial charge in [-0.1, -0.05) is 12.1 Å². The Hall–Kier alpha value is -2.59. The van der Waals surface area contributed by atoms with Gasteiger partial charge in [0.05, 0.1) is 25.4 Å². The number of nitrogens with zero attached hydrogens (tertiary/aromatic N) is 1. The van der Waals surface area contributed by atoms with Crippen LogP contribution in [0.2, 0.25) is 0 Å². The van der Waals surface area contributed by atoms with Gasteiger partial charge < -0.3 is 20.3 Å². The number of rotatable bonds is 8. The van der Waals surface area contributed by atoms with Crippen LogP contribution in [-0.4, -0.2) is 44.1 Å². The van der Waals surface area contributed by atoms with Crippen LogP contribution >= 0.6 is 0 Å². The molecule has 1 aliphatic carbocycles. The van der Waals surface area contributed by atoms with Crippen LogP contribution < -0.4 is 20.3 Å². The van der Waals surface area contributed by atoms with E-state index in [0.717, 1.165) is 17.7 Å². The Morgan fingerprint density at radius 3 is 2.50 bits per heavy atom. The third-order valence-electron chi connectivity index (χ3n) is 4.75. The molecule has 1 aromatic rings. The van der Waals surface area contributed by atoms with Crippen LogP contribution in [0.1, 0.15) is 32.6 Å². The Balaban J connectivity index is 1.89. The number of amides is 2. The molecule has 26 heavy (non-hydrogen) atoms. The second-order valence-corrected chi connectivity index (χ2v) is 6.65. The summed E-state index contributed by atoms with van der Waals surface area (Å²) in [6.07, 6.45) is 3.31. The third-order valence-corrected chi connectivity index (χ3v) is 4.75. The van der Waals surface area contributed by atoms with Crippen molar-refractivity contribution in [2.75, 3.05) is 32.1 Å². The normalized spacial score (nSPS) is 16.3. The summed E-state index contributed by atoms with van der Waals surface area (Å²) in [6, 6.07) is 9.44. The molecule has 7 heteroatoms. The number of methoxy groups -OCH3 is 1. The molecule has 1 aliphatic rings. The highest BCUT2D eigenvalue weighted by molar-refractivity contribution is 5.93. The molecule has 1 unspecified atom stereocenters. The van der Waals surface area contributed by atoms with Crippen molar-refractivity contribution in [1.29, 1.82) is 5.26 Å². The first kappa shape index (κ1) is 19.7. The molecule has 0 saturated heterocycles. The molecule has 0 aromatic heterocycles. The first-order chi connectivity index (χ1) is 12.5. The molecule has 1 saturated carbocycles. The predicted molar refractivity (Wildman–Crippen MR) is 97.8 cm³/mol. The van der Waals surface area contributed by atoms with E-state index in [9.17, 15) is 14.9 Å². The average Bonchev–Trinajstić information content (AvgIpc) is 3.10. The van der Waals surface area contributed by atoms with E-state index in [0.29, 0.717) is 30.8 Å².